The lowest BCUT2D eigenvalue weighted by molar-refractivity contribution is -0.124. The van der Waals surface area contributed by atoms with E-state index in [0.29, 0.717) is 21.3 Å². The molecule has 1 aliphatic heterocycles. The predicted molar refractivity (Wildman–Crippen MR) is 75.1 cm³/mol. The summed E-state index contributed by atoms with van der Waals surface area (Å²) in [7, 11) is 0. The highest BCUT2D eigenvalue weighted by atomic mass is 32.2. The summed E-state index contributed by atoms with van der Waals surface area (Å²) in [5.41, 5.74) is 3.25. The Hall–Kier alpha value is -1.24. The minimum Gasteiger partial charge on any atom is -0.267 e. The molecule has 0 bridgehead atoms. The smallest absolute Gasteiger partial charge is 0.267 e. The van der Waals surface area contributed by atoms with Crippen molar-refractivity contribution < 1.29 is 9.18 Å². The molecule has 1 saturated heterocycles. The van der Waals surface area contributed by atoms with Crippen molar-refractivity contribution in [1.29, 1.82) is 0 Å². The van der Waals surface area contributed by atoms with Crippen molar-refractivity contribution in [2.75, 3.05) is 6.54 Å². The first kappa shape index (κ1) is 13.2. The van der Waals surface area contributed by atoms with Crippen LogP contribution in [0.15, 0.2) is 29.2 Å². The Morgan fingerprint density at radius 3 is 2.89 bits per heavy atom. The molecule has 1 fully saturated rings. The molecule has 18 heavy (non-hydrogen) atoms. The molecule has 1 aliphatic rings. The predicted octanol–water partition coefficient (Wildman–Crippen LogP) is 2.55. The summed E-state index contributed by atoms with van der Waals surface area (Å²) in [4.78, 5) is 12.4. The Bertz CT molecular complexity index is 531. The molecule has 0 saturated carbocycles. The summed E-state index contributed by atoms with van der Waals surface area (Å²) >= 11 is 6.25. The molecular formula is C12H11FN2OS2. The number of rotatable bonds is 3. The van der Waals surface area contributed by atoms with E-state index in [1.165, 1.54) is 28.9 Å². The number of hydrogen-bond donors (Lipinski definition) is 1. The highest BCUT2D eigenvalue weighted by Gasteiger charge is 2.31. The van der Waals surface area contributed by atoms with Crippen molar-refractivity contribution in [2.45, 2.75) is 6.92 Å². The molecule has 0 aromatic heterocycles. The summed E-state index contributed by atoms with van der Waals surface area (Å²) < 4.78 is 13.9. The fourth-order valence-corrected chi connectivity index (χ4v) is 2.70. The maximum absolute atomic E-state index is 13.5. The van der Waals surface area contributed by atoms with Gasteiger partial charge in [-0.05, 0) is 12.1 Å². The van der Waals surface area contributed by atoms with Crippen molar-refractivity contribution in [3.8, 4) is 0 Å². The van der Waals surface area contributed by atoms with Gasteiger partial charge in [0.15, 0.2) is 4.32 Å². The van der Waals surface area contributed by atoms with Gasteiger partial charge in [-0.25, -0.2) is 14.8 Å². The Kier molecular flexibility index (Phi) is 4.11. The monoisotopic (exact) mass is 282 g/mol. The first-order chi connectivity index (χ1) is 8.63. The van der Waals surface area contributed by atoms with Gasteiger partial charge in [0.25, 0.3) is 5.91 Å². The lowest BCUT2D eigenvalue weighted by Gasteiger charge is -2.13. The van der Waals surface area contributed by atoms with Crippen LogP contribution in [0.5, 0.6) is 0 Å². The first-order valence-electron chi connectivity index (χ1n) is 5.39. The zero-order valence-electron chi connectivity index (χ0n) is 9.64. The van der Waals surface area contributed by atoms with Gasteiger partial charge in [-0.2, -0.15) is 0 Å². The third-order valence-corrected chi connectivity index (χ3v) is 3.60. The number of carbonyl (C=O) groups excluding carboxylic acids is 1. The number of nitrogens with zero attached hydrogens (tertiary/aromatic N) is 1. The molecule has 0 radical (unpaired) electrons. The van der Waals surface area contributed by atoms with Gasteiger partial charge in [0.2, 0.25) is 0 Å². The van der Waals surface area contributed by atoms with E-state index in [9.17, 15) is 9.18 Å². The number of carbonyl (C=O) groups is 1. The average Bonchev–Trinajstić information content (AvgIpc) is 2.60. The Balaban J connectivity index is 2.28. The van der Waals surface area contributed by atoms with E-state index in [4.69, 9.17) is 12.2 Å². The number of nitrogens with one attached hydrogen (secondary N) is 1. The van der Waals surface area contributed by atoms with Crippen LogP contribution in [0.1, 0.15) is 12.5 Å². The van der Waals surface area contributed by atoms with E-state index in [1.54, 1.807) is 18.2 Å². The summed E-state index contributed by atoms with van der Waals surface area (Å²) in [6, 6.07) is 6.31. The highest BCUT2D eigenvalue weighted by Crippen LogP contribution is 2.31. The molecule has 0 spiro atoms. The lowest BCUT2D eigenvalue weighted by Crippen LogP contribution is -2.40. The Labute approximate surface area is 114 Å². The van der Waals surface area contributed by atoms with Crippen molar-refractivity contribution in [3.05, 3.63) is 40.6 Å². The number of thiocarbonyl (C=S) groups is 1. The topological polar surface area (TPSA) is 32.3 Å². The maximum Gasteiger partial charge on any atom is 0.280 e. The van der Waals surface area contributed by atoms with Crippen LogP contribution in [0.3, 0.4) is 0 Å². The summed E-state index contributed by atoms with van der Waals surface area (Å²) in [6.07, 6.45) is 1.52. The second kappa shape index (κ2) is 5.60. The first-order valence-corrected chi connectivity index (χ1v) is 6.62. The molecule has 1 heterocycles. The quantitative estimate of drug-likeness (QED) is 0.682. The molecule has 1 aromatic rings. The van der Waals surface area contributed by atoms with E-state index >= 15 is 0 Å². The van der Waals surface area contributed by atoms with Crippen LogP contribution in [0.25, 0.3) is 6.08 Å². The minimum absolute atomic E-state index is 0.241. The van der Waals surface area contributed by atoms with Crippen LogP contribution in [0.2, 0.25) is 0 Å². The fraction of sp³-hybridized carbons (Fsp3) is 0.167. The van der Waals surface area contributed by atoms with Gasteiger partial charge in [0.1, 0.15) is 5.82 Å². The van der Waals surface area contributed by atoms with Crippen molar-refractivity contribution in [3.63, 3.8) is 0 Å². The van der Waals surface area contributed by atoms with Crippen molar-refractivity contribution >= 4 is 40.3 Å². The van der Waals surface area contributed by atoms with E-state index < -0.39 is 0 Å². The van der Waals surface area contributed by atoms with Gasteiger partial charge in [0.05, 0.1) is 4.91 Å². The van der Waals surface area contributed by atoms with Crippen LogP contribution in [-0.4, -0.2) is 21.8 Å². The number of benzene rings is 1. The van der Waals surface area contributed by atoms with E-state index in [2.05, 4.69) is 5.43 Å². The molecule has 6 heteroatoms. The van der Waals surface area contributed by atoms with Crippen molar-refractivity contribution in [2.24, 2.45) is 0 Å². The van der Waals surface area contributed by atoms with Crippen molar-refractivity contribution in [1.82, 2.24) is 10.4 Å². The Morgan fingerprint density at radius 1 is 1.50 bits per heavy atom. The van der Waals surface area contributed by atoms with Crippen LogP contribution in [0.4, 0.5) is 4.39 Å². The molecule has 0 aliphatic carbocycles. The number of halogens is 1. The zero-order chi connectivity index (χ0) is 13.1. The average molecular weight is 282 g/mol. The van der Waals surface area contributed by atoms with Gasteiger partial charge < -0.3 is 0 Å². The molecule has 1 aromatic carbocycles. The van der Waals surface area contributed by atoms with Gasteiger partial charge in [-0.3, -0.25) is 4.79 Å². The second-order valence-corrected chi connectivity index (χ2v) is 5.23. The maximum atomic E-state index is 13.5. The molecular weight excluding hydrogens is 271 g/mol. The third kappa shape index (κ3) is 2.60. The standard InChI is InChI=1S/C12H11FN2OS2/c1-2-14-15-11(16)10(18-12(15)17)7-8-5-3-4-6-9(8)13/h3-7,14H,2H2,1H3/b10-7+. The van der Waals surface area contributed by atoms with Gasteiger partial charge >= 0.3 is 0 Å². The van der Waals surface area contributed by atoms with E-state index in [-0.39, 0.29) is 11.7 Å². The highest BCUT2D eigenvalue weighted by molar-refractivity contribution is 8.26. The van der Waals surface area contributed by atoms with Gasteiger partial charge in [-0.1, -0.05) is 49.1 Å². The largest absolute Gasteiger partial charge is 0.280 e. The van der Waals surface area contributed by atoms with Crippen LogP contribution >= 0.6 is 24.0 Å². The summed E-state index contributed by atoms with van der Waals surface area (Å²) in [5.74, 6) is -0.596. The molecule has 0 atom stereocenters. The molecule has 0 unspecified atom stereocenters. The number of hydrogen-bond acceptors (Lipinski definition) is 4. The number of hydrazine groups is 1. The zero-order valence-corrected chi connectivity index (χ0v) is 11.3. The lowest BCUT2D eigenvalue weighted by atomic mass is 10.2. The van der Waals surface area contributed by atoms with Crippen LogP contribution < -0.4 is 5.43 Å². The van der Waals surface area contributed by atoms with E-state index in [0.717, 1.165) is 0 Å². The van der Waals surface area contributed by atoms with Gasteiger partial charge in [0, 0.05) is 12.1 Å². The van der Waals surface area contributed by atoms with Crippen LogP contribution in [0, 0.1) is 5.82 Å². The number of thioether (sulfide) groups is 1. The minimum atomic E-state index is -0.355. The van der Waals surface area contributed by atoms with Gasteiger partial charge in [-0.15, -0.1) is 0 Å². The molecule has 2 rings (SSSR count). The SMILES string of the molecule is CCNN1C(=O)/C(=C\c2ccccc2F)SC1=S. The fourth-order valence-electron chi connectivity index (χ4n) is 1.50. The second-order valence-electron chi connectivity index (χ2n) is 3.55. The molecule has 1 amide bonds. The third-order valence-electron chi connectivity index (χ3n) is 2.30. The normalized spacial score (nSPS) is 17.9. The number of amides is 1. The summed E-state index contributed by atoms with van der Waals surface area (Å²) in [6.45, 7) is 2.47. The van der Waals surface area contributed by atoms with E-state index in [1.807, 2.05) is 6.92 Å². The molecule has 94 valence electrons. The molecule has 3 nitrogen and oxygen atoms in total. The summed E-state index contributed by atoms with van der Waals surface area (Å²) in [5, 5.41) is 1.31. The Morgan fingerprint density at radius 2 is 2.22 bits per heavy atom. The molecule has 1 N–H and O–H groups in total. The van der Waals surface area contributed by atoms with Crippen LogP contribution in [-0.2, 0) is 4.79 Å².